The molecule has 2 atom stereocenters. The summed E-state index contributed by atoms with van der Waals surface area (Å²) in [6.07, 6.45) is -1.13. The normalized spacial score (nSPS) is 18.7. The summed E-state index contributed by atoms with van der Waals surface area (Å²) in [5.41, 5.74) is 2.40. The van der Waals surface area contributed by atoms with Gasteiger partial charge in [-0.3, -0.25) is 4.90 Å². The molecule has 9 nitrogen and oxygen atoms in total. The molecule has 4 rings (SSSR count). The fourth-order valence-electron chi connectivity index (χ4n) is 3.66. The van der Waals surface area contributed by atoms with E-state index in [-0.39, 0.29) is 13.0 Å². The molecular formula is C23H25N3O6. The molecule has 9 heteroatoms. The number of likely N-dealkylation sites (tertiary alicyclic amines) is 1. The van der Waals surface area contributed by atoms with Gasteiger partial charge in [0.05, 0.1) is 12.2 Å². The summed E-state index contributed by atoms with van der Waals surface area (Å²) >= 11 is 0. The number of amides is 1. The number of nitrogens with zero attached hydrogens (tertiary/aromatic N) is 3. The zero-order chi connectivity index (χ0) is 23.0. The summed E-state index contributed by atoms with van der Waals surface area (Å²) in [7, 11) is 0. The third kappa shape index (κ3) is 4.37. The van der Waals surface area contributed by atoms with Gasteiger partial charge in [0.1, 0.15) is 29.0 Å². The molecule has 0 radical (unpaired) electrons. The summed E-state index contributed by atoms with van der Waals surface area (Å²) in [6.45, 7) is 7.06. The minimum absolute atomic E-state index is 0.0729. The molecule has 32 heavy (non-hydrogen) atoms. The van der Waals surface area contributed by atoms with Gasteiger partial charge in [0, 0.05) is 18.1 Å². The van der Waals surface area contributed by atoms with Crippen LogP contribution in [0.15, 0.2) is 40.9 Å². The van der Waals surface area contributed by atoms with Crippen molar-refractivity contribution in [1.82, 2.24) is 15.0 Å². The molecular weight excluding hydrogens is 414 g/mol. The molecule has 1 N–H and O–H groups in total. The Labute approximate surface area is 184 Å². The number of carboxylic acids is 1. The highest BCUT2D eigenvalue weighted by molar-refractivity contribution is 5.85. The summed E-state index contributed by atoms with van der Waals surface area (Å²) in [5, 5.41) is 13.6. The lowest BCUT2D eigenvalue weighted by Gasteiger charge is -2.26. The van der Waals surface area contributed by atoms with Crippen molar-refractivity contribution in [2.24, 2.45) is 0 Å². The number of hydrogen-bond acceptors (Lipinski definition) is 7. The van der Waals surface area contributed by atoms with E-state index in [1.54, 1.807) is 33.8 Å². The first-order valence-corrected chi connectivity index (χ1v) is 10.3. The standard InChI is InChI=1S/C23H25N3O6/c1-13-19-20(32-25-13)18(11-16(24-19)14-8-6-5-7-9-14)30-15-10-17(21(27)28)26(12-15)22(29)31-23(2,3)4/h5-9,11,15,17H,10,12H2,1-4H3,(H,27,28)/t15-,17+/m1/s1. The third-order valence-electron chi connectivity index (χ3n) is 5.09. The maximum absolute atomic E-state index is 12.6. The predicted octanol–water partition coefficient (Wildman–Crippen LogP) is 4.04. The van der Waals surface area contributed by atoms with E-state index < -0.39 is 29.8 Å². The number of ether oxygens (including phenoxy) is 2. The van der Waals surface area contributed by atoms with E-state index in [2.05, 4.69) is 10.1 Å². The van der Waals surface area contributed by atoms with E-state index in [9.17, 15) is 14.7 Å². The highest BCUT2D eigenvalue weighted by Gasteiger charge is 2.43. The highest BCUT2D eigenvalue weighted by Crippen LogP contribution is 2.34. The maximum Gasteiger partial charge on any atom is 0.411 e. The van der Waals surface area contributed by atoms with Crippen molar-refractivity contribution in [3.05, 3.63) is 42.1 Å². The average molecular weight is 439 g/mol. The quantitative estimate of drug-likeness (QED) is 0.648. The molecule has 0 spiro atoms. The molecule has 3 heterocycles. The fourth-order valence-corrected chi connectivity index (χ4v) is 3.66. The second-order valence-electron chi connectivity index (χ2n) is 8.78. The molecule has 2 aromatic heterocycles. The van der Waals surface area contributed by atoms with Crippen molar-refractivity contribution >= 4 is 23.2 Å². The van der Waals surface area contributed by atoms with Gasteiger partial charge in [-0.15, -0.1) is 0 Å². The number of carboxylic acid groups (broad SMARTS) is 1. The lowest BCUT2D eigenvalue weighted by molar-refractivity contribution is -0.142. The summed E-state index contributed by atoms with van der Waals surface area (Å²) in [4.78, 5) is 30.2. The number of carbonyl (C=O) groups excluding carboxylic acids is 1. The van der Waals surface area contributed by atoms with Crippen molar-refractivity contribution in [3.8, 4) is 17.0 Å². The van der Waals surface area contributed by atoms with Crippen molar-refractivity contribution in [2.75, 3.05) is 6.54 Å². The van der Waals surface area contributed by atoms with Gasteiger partial charge in [0.25, 0.3) is 0 Å². The van der Waals surface area contributed by atoms with Gasteiger partial charge in [0.2, 0.25) is 5.58 Å². The minimum Gasteiger partial charge on any atom is -0.484 e. The van der Waals surface area contributed by atoms with E-state index in [4.69, 9.17) is 14.0 Å². The Morgan fingerprint density at radius 1 is 1.22 bits per heavy atom. The average Bonchev–Trinajstić information content (AvgIpc) is 3.32. The molecule has 3 aromatic rings. The molecule has 1 amide bonds. The summed E-state index contributed by atoms with van der Waals surface area (Å²) in [5.74, 6) is -0.711. The van der Waals surface area contributed by atoms with Crippen LogP contribution in [0.25, 0.3) is 22.4 Å². The van der Waals surface area contributed by atoms with Crippen LogP contribution in [0.3, 0.4) is 0 Å². The van der Waals surface area contributed by atoms with Crippen molar-refractivity contribution in [2.45, 2.75) is 51.9 Å². The molecule has 1 aliphatic heterocycles. The van der Waals surface area contributed by atoms with E-state index >= 15 is 0 Å². The number of aryl methyl sites for hydroxylation is 1. The SMILES string of the molecule is Cc1noc2c(O[C@@H]3C[C@@H](C(=O)O)N(C(=O)OC(C)(C)C)C3)cc(-c3ccccc3)nc12. The Balaban J connectivity index is 1.64. The van der Waals surface area contributed by atoms with Crippen LogP contribution in [-0.2, 0) is 9.53 Å². The molecule has 0 saturated carbocycles. The Bertz CT molecular complexity index is 1150. The number of benzene rings is 1. The van der Waals surface area contributed by atoms with Gasteiger partial charge < -0.3 is 19.1 Å². The molecule has 1 saturated heterocycles. The molecule has 1 fully saturated rings. The van der Waals surface area contributed by atoms with Crippen molar-refractivity contribution in [1.29, 1.82) is 0 Å². The third-order valence-corrected chi connectivity index (χ3v) is 5.09. The highest BCUT2D eigenvalue weighted by atomic mass is 16.6. The van der Waals surface area contributed by atoms with Crippen molar-refractivity contribution in [3.63, 3.8) is 0 Å². The Morgan fingerprint density at radius 2 is 1.94 bits per heavy atom. The Kier molecular flexibility index (Phi) is 5.50. The van der Waals surface area contributed by atoms with Gasteiger partial charge in [-0.25, -0.2) is 14.6 Å². The molecule has 1 aromatic carbocycles. The predicted molar refractivity (Wildman–Crippen MR) is 115 cm³/mol. The van der Waals surface area contributed by atoms with E-state index in [1.807, 2.05) is 30.3 Å². The number of aliphatic carboxylic acids is 1. The number of aromatic nitrogens is 2. The number of carbonyl (C=O) groups is 2. The van der Waals surface area contributed by atoms with Gasteiger partial charge in [-0.1, -0.05) is 35.5 Å². The summed E-state index contributed by atoms with van der Waals surface area (Å²) in [6, 6.07) is 10.3. The van der Waals surface area contributed by atoms with Crippen LogP contribution >= 0.6 is 0 Å². The van der Waals surface area contributed by atoms with Gasteiger partial charge in [-0.2, -0.15) is 0 Å². The second-order valence-corrected chi connectivity index (χ2v) is 8.78. The number of pyridine rings is 1. The number of hydrogen-bond donors (Lipinski definition) is 1. The number of fused-ring (bicyclic) bond motifs is 1. The van der Waals surface area contributed by atoms with Gasteiger partial charge in [0.15, 0.2) is 5.75 Å². The largest absolute Gasteiger partial charge is 0.484 e. The van der Waals surface area contributed by atoms with Crippen LogP contribution in [0.2, 0.25) is 0 Å². The van der Waals surface area contributed by atoms with Crippen molar-refractivity contribution < 1.29 is 28.7 Å². The topological polar surface area (TPSA) is 115 Å². The van der Waals surface area contributed by atoms with Gasteiger partial charge >= 0.3 is 12.1 Å². The van der Waals surface area contributed by atoms with E-state index in [0.717, 1.165) is 5.56 Å². The van der Waals surface area contributed by atoms with E-state index in [1.165, 1.54) is 4.90 Å². The summed E-state index contributed by atoms with van der Waals surface area (Å²) < 4.78 is 17.0. The minimum atomic E-state index is -1.11. The van der Waals surface area contributed by atoms with Crippen LogP contribution in [0.5, 0.6) is 5.75 Å². The monoisotopic (exact) mass is 439 g/mol. The molecule has 0 bridgehead atoms. The van der Waals surface area contributed by atoms with Gasteiger partial charge in [-0.05, 0) is 27.7 Å². The zero-order valence-corrected chi connectivity index (χ0v) is 18.4. The van der Waals surface area contributed by atoms with Crippen LogP contribution < -0.4 is 4.74 Å². The van der Waals surface area contributed by atoms with Crippen LogP contribution in [0.1, 0.15) is 32.9 Å². The smallest absolute Gasteiger partial charge is 0.411 e. The maximum atomic E-state index is 12.6. The molecule has 0 unspecified atom stereocenters. The Morgan fingerprint density at radius 3 is 2.59 bits per heavy atom. The molecule has 0 aliphatic carbocycles. The number of rotatable bonds is 4. The van der Waals surface area contributed by atoms with Crippen LogP contribution in [0.4, 0.5) is 4.79 Å². The second kappa shape index (κ2) is 8.14. The van der Waals surface area contributed by atoms with Crippen LogP contribution in [-0.4, -0.2) is 56.5 Å². The lowest BCUT2D eigenvalue weighted by atomic mass is 10.1. The van der Waals surface area contributed by atoms with Crippen LogP contribution in [0, 0.1) is 6.92 Å². The molecule has 1 aliphatic rings. The lowest BCUT2D eigenvalue weighted by Crippen LogP contribution is -2.43. The Hall–Kier alpha value is -3.62. The molecule has 168 valence electrons. The fraction of sp³-hybridized carbons (Fsp3) is 0.391. The first-order chi connectivity index (χ1) is 15.1. The van der Waals surface area contributed by atoms with E-state index in [0.29, 0.717) is 28.2 Å². The zero-order valence-electron chi connectivity index (χ0n) is 18.4. The first kappa shape index (κ1) is 21.6. The first-order valence-electron chi connectivity index (χ1n) is 10.3.